The minimum Gasteiger partial charge on any atom is -0.350 e. The molecule has 3 aromatic rings. The zero-order valence-corrected chi connectivity index (χ0v) is 17.0. The molecule has 6 heteroatoms. The number of aryl methyl sites for hydroxylation is 1. The molecule has 0 spiro atoms. The number of halogens is 2. The van der Waals surface area contributed by atoms with Gasteiger partial charge in [-0.25, -0.2) is 9.29 Å². The lowest BCUT2D eigenvalue weighted by molar-refractivity contribution is -0.120. The summed E-state index contributed by atoms with van der Waals surface area (Å²) in [5, 5.41) is 3.06. The third-order valence-corrected chi connectivity index (χ3v) is 5.10. The highest BCUT2D eigenvalue weighted by atomic mass is 79.9. The molecule has 0 bridgehead atoms. The van der Waals surface area contributed by atoms with Crippen LogP contribution in [-0.4, -0.2) is 11.8 Å². The highest BCUT2D eigenvalue weighted by Crippen LogP contribution is 2.35. The van der Waals surface area contributed by atoms with Gasteiger partial charge in [0.2, 0.25) is 0 Å². The average Bonchev–Trinajstić information content (AvgIpc) is 2.93. The van der Waals surface area contributed by atoms with Gasteiger partial charge >= 0.3 is 0 Å². The van der Waals surface area contributed by atoms with Gasteiger partial charge in [0, 0.05) is 10.2 Å². The van der Waals surface area contributed by atoms with Crippen molar-refractivity contribution in [2.45, 2.75) is 6.92 Å². The van der Waals surface area contributed by atoms with Crippen LogP contribution < -0.4 is 10.2 Å². The molecule has 144 valence electrons. The molecule has 1 heterocycles. The first-order valence-corrected chi connectivity index (χ1v) is 9.72. The van der Waals surface area contributed by atoms with Gasteiger partial charge in [-0.2, -0.15) is 0 Å². The van der Waals surface area contributed by atoms with Crippen molar-refractivity contribution in [1.29, 1.82) is 0 Å². The number of nitrogens with one attached hydrogen (secondary N) is 1. The maximum Gasteiger partial charge on any atom is 0.282 e. The maximum absolute atomic E-state index is 14.4. The molecule has 1 N–H and O–H groups in total. The quantitative estimate of drug-likeness (QED) is 0.549. The summed E-state index contributed by atoms with van der Waals surface area (Å²) >= 11 is 3.40. The summed E-state index contributed by atoms with van der Waals surface area (Å²) in [4.78, 5) is 27.3. The topological polar surface area (TPSA) is 49.4 Å². The van der Waals surface area contributed by atoms with Crippen molar-refractivity contribution in [1.82, 2.24) is 0 Å². The molecular formula is C23H16BrFN2O2. The third kappa shape index (κ3) is 3.59. The van der Waals surface area contributed by atoms with Gasteiger partial charge in [-0.1, -0.05) is 64.0 Å². The Morgan fingerprint density at radius 2 is 1.62 bits per heavy atom. The largest absolute Gasteiger partial charge is 0.350 e. The Balaban J connectivity index is 1.85. The second-order valence-corrected chi connectivity index (χ2v) is 7.56. The molecular weight excluding hydrogens is 435 g/mol. The van der Waals surface area contributed by atoms with Gasteiger partial charge in [0.25, 0.3) is 11.8 Å². The van der Waals surface area contributed by atoms with Crippen molar-refractivity contribution in [3.05, 3.63) is 99.9 Å². The van der Waals surface area contributed by atoms with Crippen molar-refractivity contribution in [2.75, 3.05) is 10.2 Å². The van der Waals surface area contributed by atoms with E-state index in [1.165, 1.54) is 18.2 Å². The summed E-state index contributed by atoms with van der Waals surface area (Å²) in [7, 11) is 0. The zero-order chi connectivity index (χ0) is 20.5. The predicted octanol–water partition coefficient (Wildman–Crippen LogP) is 5.29. The van der Waals surface area contributed by atoms with E-state index in [1.807, 2.05) is 31.2 Å². The van der Waals surface area contributed by atoms with E-state index in [0.717, 1.165) is 14.9 Å². The Morgan fingerprint density at radius 3 is 2.31 bits per heavy atom. The number of carbonyl (C=O) groups excluding carboxylic acids is 2. The van der Waals surface area contributed by atoms with Crippen LogP contribution in [0.15, 0.2) is 83.0 Å². The first-order valence-electron chi connectivity index (χ1n) is 8.93. The molecule has 0 fully saturated rings. The average molecular weight is 451 g/mol. The van der Waals surface area contributed by atoms with E-state index in [-0.39, 0.29) is 17.0 Å². The van der Waals surface area contributed by atoms with Gasteiger partial charge in [0.1, 0.15) is 11.5 Å². The Bertz CT molecular complexity index is 1160. The lowest BCUT2D eigenvalue weighted by atomic mass is 10.0. The number of hydrogen-bond donors (Lipinski definition) is 1. The van der Waals surface area contributed by atoms with Crippen LogP contribution >= 0.6 is 15.9 Å². The van der Waals surface area contributed by atoms with Gasteiger partial charge < -0.3 is 5.32 Å². The highest BCUT2D eigenvalue weighted by molar-refractivity contribution is 9.10. The van der Waals surface area contributed by atoms with Crippen LogP contribution in [0.4, 0.5) is 15.8 Å². The molecule has 0 unspecified atom stereocenters. The maximum atomic E-state index is 14.4. The minimum atomic E-state index is -0.638. The number of nitrogens with zero attached hydrogens (tertiary/aromatic N) is 1. The molecule has 4 nitrogen and oxygen atoms in total. The summed E-state index contributed by atoms with van der Waals surface area (Å²) in [5.74, 6) is -1.81. The number of anilines is 2. The van der Waals surface area contributed by atoms with Crippen molar-refractivity contribution in [3.8, 4) is 0 Å². The van der Waals surface area contributed by atoms with Gasteiger partial charge in [-0.05, 0) is 42.8 Å². The summed E-state index contributed by atoms with van der Waals surface area (Å²) in [5.41, 5.74) is 2.50. The molecule has 0 aromatic heterocycles. The van der Waals surface area contributed by atoms with Crippen LogP contribution in [0, 0.1) is 12.7 Å². The Labute approximate surface area is 175 Å². The molecule has 4 rings (SSSR count). The lowest BCUT2D eigenvalue weighted by Crippen LogP contribution is -2.33. The summed E-state index contributed by atoms with van der Waals surface area (Å²) in [6.45, 7) is 1.94. The van der Waals surface area contributed by atoms with E-state index in [2.05, 4.69) is 21.2 Å². The second-order valence-electron chi connectivity index (χ2n) is 6.65. The van der Waals surface area contributed by atoms with Gasteiger partial charge in [0.15, 0.2) is 0 Å². The minimum absolute atomic E-state index is 0.0712. The zero-order valence-electron chi connectivity index (χ0n) is 15.4. The van der Waals surface area contributed by atoms with Gasteiger partial charge in [-0.3, -0.25) is 9.59 Å². The van der Waals surface area contributed by atoms with Crippen LogP contribution in [-0.2, 0) is 9.59 Å². The van der Waals surface area contributed by atoms with Crippen LogP contribution in [0.2, 0.25) is 0 Å². The van der Waals surface area contributed by atoms with Gasteiger partial charge in [0.05, 0.1) is 11.3 Å². The smallest absolute Gasteiger partial charge is 0.282 e. The molecule has 0 saturated heterocycles. The van der Waals surface area contributed by atoms with E-state index < -0.39 is 17.6 Å². The molecule has 0 radical (unpaired) electrons. The Kier molecular flexibility index (Phi) is 5.03. The number of imide groups is 1. The Morgan fingerprint density at radius 1 is 0.897 bits per heavy atom. The SMILES string of the molecule is Cc1ccc(C2=C(Nc3cccc(Br)c3)C(=O)N(c3ccccc3F)C2=O)cc1. The molecule has 0 aliphatic carbocycles. The van der Waals surface area contributed by atoms with E-state index in [9.17, 15) is 14.0 Å². The first-order chi connectivity index (χ1) is 14.0. The molecule has 0 saturated carbocycles. The van der Waals surface area contributed by atoms with Crippen molar-refractivity contribution in [3.63, 3.8) is 0 Å². The number of para-hydroxylation sites is 1. The molecule has 1 aliphatic heterocycles. The van der Waals surface area contributed by atoms with E-state index in [1.54, 1.807) is 30.3 Å². The van der Waals surface area contributed by atoms with E-state index in [0.29, 0.717) is 11.3 Å². The number of rotatable bonds is 4. The van der Waals surface area contributed by atoms with Crippen molar-refractivity contribution >= 4 is 44.7 Å². The molecule has 29 heavy (non-hydrogen) atoms. The summed E-state index contributed by atoms with van der Waals surface area (Å²) in [6, 6.07) is 20.3. The molecule has 3 aromatic carbocycles. The Hall–Kier alpha value is -3.25. The normalized spacial score (nSPS) is 14.0. The molecule has 1 aliphatic rings. The highest BCUT2D eigenvalue weighted by Gasteiger charge is 2.41. The molecule has 2 amide bonds. The molecule has 0 atom stereocenters. The van der Waals surface area contributed by atoms with Crippen LogP contribution in [0.1, 0.15) is 11.1 Å². The fourth-order valence-corrected chi connectivity index (χ4v) is 3.60. The van der Waals surface area contributed by atoms with Crippen molar-refractivity contribution < 1.29 is 14.0 Å². The summed E-state index contributed by atoms with van der Waals surface area (Å²) in [6.07, 6.45) is 0. The van der Waals surface area contributed by atoms with Crippen LogP contribution in [0.3, 0.4) is 0 Å². The number of benzene rings is 3. The van der Waals surface area contributed by atoms with Crippen LogP contribution in [0.25, 0.3) is 5.57 Å². The van der Waals surface area contributed by atoms with Crippen molar-refractivity contribution in [2.24, 2.45) is 0 Å². The first kappa shape index (κ1) is 19.1. The number of amides is 2. The predicted molar refractivity (Wildman–Crippen MR) is 115 cm³/mol. The fraction of sp³-hybridized carbons (Fsp3) is 0.0435. The number of carbonyl (C=O) groups is 2. The van der Waals surface area contributed by atoms with Crippen LogP contribution in [0.5, 0.6) is 0 Å². The van der Waals surface area contributed by atoms with E-state index >= 15 is 0 Å². The van der Waals surface area contributed by atoms with E-state index in [4.69, 9.17) is 0 Å². The summed E-state index contributed by atoms with van der Waals surface area (Å²) < 4.78 is 15.2. The monoisotopic (exact) mass is 450 g/mol. The van der Waals surface area contributed by atoms with Gasteiger partial charge in [-0.15, -0.1) is 0 Å². The standard InChI is InChI=1S/C23H16BrFN2O2/c1-14-9-11-15(12-10-14)20-21(26-17-6-4-5-16(24)13-17)23(29)27(22(20)28)19-8-3-2-7-18(19)25/h2-13,26H,1H3. The lowest BCUT2D eigenvalue weighted by Gasteiger charge is -2.16. The third-order valence-electron chi connectivity index (χ3n) is 4.61. The number of hydrogen-bond acceptors (Lipinski definition) is 3. The second kappa shape index (κ2) is 7.64. The fourth-order valence-electron chi connectivity index (χ4n) is 3.20.